The van der Waals surface area contributed by atoms with Crippen LogP contribution in [0.2, 0.25) is 5.02 Å². The lowest BCUT2D eigenvalue weighted by Gasteiger charge is -2.07. The molecule has 0 amide bonds. The van der Waals surface area contributed by atoms with Gasteiger partial charge in [0.15, 0.2) is 0 Å². The number of fused-ring (bicyclic) bond motifs is 1. The number of pyridine rings is 1. The molecule has 0 fully saturated rings. The number of nitrogens with zero attached hydrogens (tertiary/aromatic N) is 1. The predicted octanol–water partition coefficient (Wildman–Crippen LogP) is 4.20. The minimum atomic E-state index is -0.442. The van der Waals surface area contributed by atoms with Crippen LogP contribution in [0.25, 0.3) is 10.9 Å². The molecule has 1 aromatic heterocycles. The first-order valence-corrected chi connectivity index (χ1v) is 6.52. The molecule has 2 rings (SSSR count). The Bertz CT molecular complexity index is 616. The molecule has 0 saturated carbocycles. The highest BCUT2D eigenvalue weighted by Crippen LogP contribution is 2.33. The predicted molar refractivity (Wildman–Crippen MR) is 73.5 cm³/mol. The van der Waals surface area contributed by atoms with Crippen molar-refractivity contribution in [3.05, 3.63) is 37.9 Å². The zero-order valence-corrected chi connectivity index (χ0v) is 12.6. The van der Waals surface area contributed by atoms with Crippen LogP contribution in [0.1, 0.15) is 10.4 Å². The fourth-order valence-corrected chi connectivity index (χ4v) is 2.93. The topological polar surface area (TPSA) is 39.2 Å². The van der Waals surface area contributed by atoms with E-state index in [0.29, 0.717) is 15.1 Å². The highest BCUT2D eigenvalue weighted by Gasteiger charge is 2.15. The van der Waals surface area contributed by atoms with Crippen molar-refractivity contribution < 1.29 is 9.53 Å². The third-order valence-electron chi connectivity index (χ3n) is 2.23. The number of carbonyl (C=O) groups is 1. The van der Waals surface area contributed by atoms with Gasteiger partial charge in [-0.15, -0.1) is 0 Å². The fourth-order valence-electron chi connectivity index (χ4n) is 1.45. The van der Waals surface area contributed by atoms with Crippen LogP contribution in [0.3, 0.4) is 0 Å². The van der Waals surface area contributed by atoms with Gasteiger partial charge in [0.25, 0.3) is 0 Å². The van der Waals surface area contributed by atoms with Gasteiger partial charge in [0.05, 0.1) is 18.2 Å². The molecule has 0 bridgehead atoms. The van der Waals surface area contributed by atoms with Crippen molar-refractivity contribution in [3.63, 3.8) is 0 Å². The Labute approximate surface area is 119 Å². The third-order valence-corrected chi connectivity index (χ3v) is 3.91. The summed E-state index contributed by atoms with van der Waals surface area (Å²) < 4.78 is 6.07. The molecule has 1 aromatic carbocycles. The van der Waals surface area contributed by atoms with E-state index in [1.54, 1.807) is 12.1 Å². The second-order valence-corrected chi connectivity index (χ2v) is 5.34. The van der Waals surface area contributed by atoms with Gasteiger partial charge < -0.3 is 4.74 Å². The molecule has 6 heteroatoms. The van der Waals surface area contributed by atoms with Gasteiger partial charge in [-0.25, -0.2) is 4.79 Å². The summed E-state index contributed by atoms with van der Waals surface area (Å²) in [4.78, 5) is 15.7. The summed E-state index contributed by atoms with van der Waals surface area (Å²) in [5, 5.41) is 1.32. The largest absolute Gasteiger partial charge is 0.465 e. The van der Waals surface area contributed by atoms with E-state index in [4.69, 9.17) is 11.6 Å². The van der Waals surface area contributed by atoms with Crippen molar-refractivity contribution in [2.24, 2.45) is 0 Å². The Morgan fingerprint density at radius 2 is 2.12 bits per heavy atom. The number of esters is 1. The lowest BCUT2D eigenvalue weighted by molar-refractivity contribution is 0.0599. The van der Waals surface area contributed by atoms with Gasteiger partial charge in [-0.2, -0.15) is 0 Å². The first-order valence-electron chi connectivity index (χ1n) is 4.56. The average molecular weight is 379 g/mol. The lowest BCUT2D eigenvalue weighted by atomic mass is 10.1. The van der Waals surface area contributed by atoms with Gasteiger partial charge in [0.2, 0.25) is 0 Å². The minimum Gasteiger partial charge on any atom is -0.465 e. The van der Waals surface area contributed by atoms with Gasteiger partial charge in [-0.1, -0.05) is 11.6 Å². The minimum absolute atomic E-state index is 0.370. The quantitative estimate of drug-likeness (QED) is 0.697. The number of ether oxygens (including phenoxy) is 1. The Hall–Kier alpha value is -0.650. The van der Waals surface area contributed by atoms with Gasteiger partial charge in [0, 0.05) is 25.6 Å². The maximum absolute atomic E-state index is 11.5. The Morgan fingerprint density at radius 3 is 2.76 bits per heavy atom. The number of aromatic nitrogens is 1. The summed E-state index contributed by atoms with van der Waals surface area (Å²) in [7, 11) is 1.33. The van der Waals surface area contributed by atoms with Gasteiger partial charge in [0.1, 0.15) is 0 Å². The molecule has 0 radical (unpaired) electrons. The van der Waals surface area contributed by atoms with Crippen LogP contribution in [0.15, 0.2) is 27.3 Å². The summed E-state index contributed by atoms with van der Waals surface area (Å²) >= 11 is 12.7. The SMILES string of the molecule is COC(=O)c1cnc2c(Br)cc(Cl)cc2c1Br. The van der Waals surface area contributed by atoms with Crippen LogP contribution in [0, 0.1) is 0 Å². The van der Waals surface area contributed by atoms with E-state index in [2.05, 4.69) is 41.6 Å². The van der Waals surface area contributed by atoms with E-state index in [1.165, 1.54) is 13.3 Å². The number of carbonyl (C=O) groups excluding carboxylic acids is 1. The van der Waals surface area contributed by atoms with E-state index in [1.807, 2.05) is 0 Å². The highest BCUT2D eigenvalue weighted by atomic mass is 79.9. The van der Waals surface area contributed by atoms with Crippen LogP contribution in [0.5, 0.6) is 0 Å². The molecule has 0 aliphatic carbocycles. The molecule has 1 heterocycles. The molecule has 0 saturated heterocycles. The molecule has 0 aliphatic heterocycles. The average Bonchev–Trinajstić information content (AvgIpc) is 2.29. The van der Waals surface area contributed by atoms with Crippen molar-refractivity contribution in [2.75, 3.05) is 7.11 Å². The summed E-state index contributed by atoms with van der Waals surface area (Å²) in [5.41, 5.74) is 1.10. The van der Waals surface area contributed by atoms with Crippen molar-refractivity contribution >= 4 is 60.3 Å². The Morgan fingerprint density at radius 1 is 1.41 bits per heavy atom. The molecule has 3 nitrogen and oxygen atoms in total. The van der Waals surface area contributed by atoms with Gasteiger partial charge in [-0.3, -0.25) is 4.98 Å². The maximum Gasteiger partial charge on any atom is 0.340 e. The molecule has 88 valence electrons. The van der Waals surface area contributed by atoms with Crippen molar-refractivity contribution in [1.29, 1.82) is 0 Å². The Kier molecular flexibility index (Phi) is 3.70. The monoisotopic (exact) mass is 377 g/mol. The van der Waals surface area contributed by atoms with Crippen molar-refractivity contribution in [3.8, 4) is 0 Å². The van der Waals surface area contributed by atoms with E-state index in [9.17, 15) is 4.79 Å². The smallest absolute Gasteiger partial charge is 0.340 e. The summed E-state index contributed by atoms with van der Waals surface area (Å²) in [6, 6.07) is 3.49. The van der Waals surface area contributed by atoms with Crippen LogP contribution in [-0.4, -0.2) is 18.1 Å². The molecular weight excluding hydrogens is 373 g/mol. The van der Waals surface area contributed by atoms with Gasteiger partial charge in [-0.05, 0) is 44.0 Å². The molecule has 0 unspecified atom stereocenters. The number of rotatable bonds is 1. The highest BCUT2D eigenvalue weighted by molar-refractivity contribution is 9.11. The summed E-state index contributed by atoms with van der Waals surface area (Å²) in [6.45, 7) is 0. The second-order valence-electron chi connectivity index (χ2n) is 3.26. The van der Waals surface area contributed by atoms with Crippen LogP contribution in [0.4, 0.5) is 0 Å². The van der Waals surface area contributed by atoms with E-state index < -0.39 is 5.97 Å². The molecule has 0 spiro atoms. The Balaban J connectivity index is 2.79. The number of halogens is 3. The standard InChI is InChI=1S/C11H6Br2ClNO2/c1-17-11(16)7-4-15-10-6(9(7)13)2-5(14)3-8(10)12/h2-4H,1H3. The van der Waals surface area contributed by atoms with E-state index in [0.717, 1.165) is 15.4 Å². The molecule has 17 heavy (non-hydrogen) atoms. The zero-order valence-electron chi connectivity index (χ0n) is 8.63. The number of hydrogen-bond acceptors (Lipinski definition) is 3. The normalized spacial score (nSPS) is 10.6. The lowest BCUT2D eigenvalue weighted by Crippen LogP contribution is -2.03. The maximum atomic E-state index is 11.5. The van der Waals surface area contributed by atoms with Crippen LogP contribution < -0.4 is 0 Å². The zero-order chi connectivity index (χ0) is 12.6. The van der Waals surface area contributed by atoms with Crippen LogP contribution >= 0.6 is 43.5 Å². The summed E-state index contributed by atoms with van der Waals surface area (Å²) in [6.07, 6.45) is 1.47. The number of benzene rings is 1. The third kappa shape index (κ3) is 2.32. The first-order chi connectivity index (χ1) is 8.04. The molecule has 0 N–H and O–H groups in total. The van der Waals surface area contributed by atoms with Crippen LogP contribution in [-0.2, 0) is 4.74 Å². The van der Waals surface area contributed by atoms with Crippen molar-refractivity contribution in [1.82, 2.24) is 4.98 Å². The number of methoxy groups -OCH3 is 1. The first kappa shape index (κ1) is 12.8. The molecule has 2 aromatic rings. The van der Waals surface area contributed by atoms with Gasteiger partial charge >= 0.3 is 5.97 Å². The second kappa shape index (κ2) is 4.92. The van der Waals surface area contributed by atoms with E-state index >= 15 is 0 Å². The number of hydrogen-bond donors (Lipinski definition) is 0. The molecule has 0 aliphatic rings. The fraction of sp³-hybridized carbons (Fsp3) is 0.0909. The van der Waals surface area contributed by atoms with E-state index in [-0.39, 0.29) is 0 Å². The summed E-state index contributed by atoms with van der Waals surface area (Å²) in [5.74, 6) is -0.442. The van der Waals surface area contributed by atoms with Crippen molar-refractivity contribution in [2.45, 2.75) is 0 Å². The molecule has 0 atom stereocenters. The molecular formula is C11H6Br2ClNO2.